The number of carbonyl (C=O) groups is 2. The lowest BCUT2D eigenvalue weighted by Gasteiger charge is -2.21. The van der Waals surface area contributed by atoms with Gasteiger partial charge in [-0.2, -0.15) is 0 Å². The third-order valence-corrected chi connectivity index (χ3v) is 5.88. The van der Waals surface area contributed by atoms with Gasteiger partial charge in [-0.3, -0.25) is 19.5 Å². The van der Waals surface area contributed by atoms with E-state index in [1.54, 1.807) is 23.9 Å². The first-order valence-corrected chi connectivity index (χ1v) is 11.2. The molecule has 1 unspecified atom stereocenters. The van der Waals surface area contributed by atoms with Crippen LogP contribution < -0.4 is 10.2 Å². The van der Waals surface area contributed by atoms with Gasteiger partial charge < -0.3 is 15.3 Å². The Balaban J connectivity index is 1.63. The second kappa shape index (κ2) is 10.4. The standard InChI is InChI=1S/C27H28N4O3/c1-30(16-17-32)18-24(33)31(2)21-14-12-20(13-15-21)28-26(19-8-4-3-5-9-19)25-22-10-6-7-11-23(22)29-27(25)34/h3-15,25,32H,16-18H2,1-2H3,(H,29,34). The Hall–Kier alpha value is -3.81. The van der Waals surface area contributed by atoms with Crippen LogP contribution in [0, 0.1) is 0 Å². The minimum Gasteiger partial charge on any atom is -0.395 e. The van der Waals surface area contributed by atoms with E-state index in [0.29, 0.717) is 17.9 Å². The van der Waals surface area contributed by atoms with Gasteiger partial charge >= 0.3 is 0 Å². The van der Waals surface area contributed by atoms with Crippen LogP contribution in [0.1, 0.15) is 17.0 Å². The van der Waals surface area contributed by atoms with E-state index in [4.69, 9.17) is 10.1 Å². The highest BCUT2D eigenvalue weighted by Crippen LogP contribution is 2.36. The summed E-state index contributed by atoms with van der Waals surface area (Å²) in [5.41, 5.74) is 4.70. The van der Waals surface area contributed by atoms with E-state index in [1.165, 1.54) is 0 Å². The van der Waals surface area contributed by atoms with Crippen LogP contribution in [-0.4, -0.2) is 61.3 Å². The van der Waals surface area contributed by atoms with Crippen molar-refractivity contribution in [3.05, 3.63) is 90.0 Å². The molecule has 1 aliphatic rings. The van der Waals surface area contributed by atoms with E-state index in [0.717, 1.165) is 22.5 Å². The maximum absolute atomic E-state index is 12.9. The summed E-state index contributed by atoms with van der Waals surface area (Å²) in [7, 11) is 3.52. The molecular formula is C27H28N4O3. The molecule has 0 bridgehead atoms. The van der Waals surface area contributed by atoms with E-state index < -0.39 is 5.92 Å². The smallest absolute Gasteiger partial charge is 0.240 e. The number of carbonyl (C=O) groups excluding carboxylic acids is 2. The van der Waals surface area contributed by atoms with Gasteiger partial charge in [0.2, 0.25) is 11.8 Å². The predicted octanol–water partition coefficient (Wildman–Crippen LogP) is 3.43. The van der Waals surface area contributed by atoms with Crippen LogP contribution in [0.25, 0.3) is 0 Å². The molecule has 7 nitrogen and oxygen atoms in total. The summed E-state index contributed by atoms with van der Waals surface area (Å²) in [6, 6.07) is 24.8. The lowest BCUT2D eigenvalue weighted by molar-refractivity contribution is -0.119. The first kappa shape index (κ1) is 23.4. The molecule has 0 aliphatic carbocycles. The number of aliphatic hydroxyl groups excluding tert-OH is 1. The maximum Gasteiger partial charge on any atom is 0.240 e. The number of likely N-dealkylation sites (N-methyl/N-ethyl adjacent to an activating group) is 2. The molecule has 0 radical (unpaired) electrons. The number of benzene rings is 3. The molecule has 1 aliphatic heterocycles. The fourth-order valence-corrected chi connectivity index (χ4v) is 4.01. The lowest BCUT2D eigenvalue weighted by atomic mass is 9.90. The molecule has 3 aromatic carbocycles. The topological polar surface area (TPSA) is 85.2 Å². The molecule has 2 N–H and O–H groups in total. The van der Waals surface area contributed by atoms with Crippen molar-refractivity contribution in [2.45, 2.75) is 5.92 Å². The summed E-state index contributed by atoms with van der Waals surface area (Å²) in [6.07, 6.45) is 0. The monoisotopic (exact) mass is 456 g/mol. The van der Waals surface area contributed by atoms with Crippen LogP contribution in [0.15, 0.2) is 83.9 Å². The Morgan fingerprint density at radius 2 is 1.65 bits per heavy atom. The van der Waals surface area contributed by atoms with Gasteiger partial charge in [-0.1, -0.05) is 48.5 Å². The van der Waals surface area contributed by atoms with Crippen molar-refractivity contribution in [3.63, 3.8) is 0 Å². The summed E-state index contributed by atoms with van der Waals surface area (Å²) >= 11 is 0. The van der Waals surface area contributed by atoms with Crippen LogP contribution in [0.2, 0.25) is 0 Å². The van der Waals surface area contributed by atoms with Gasteiger partial charge in [0, 0.05) is 25.0 Å². The maximum atomic E-state index is 12.9. The number of para-hydroxylation sites is 1. The number of anilines is 2. The molecule has 0 aromatic heterocycles. The van der Waals surface area contributed by atoms with Crippen molar-refractivity contribution >= 4 is 34.6 Å². The van der Waals surface area contributed by atoms with Gasteiger partial charge in [0.1, 0.15) is 5.92 Å². The summed E-state index contributed by atoms with van der Waals surface area (Å²) in [5, 5.41) is 12.0. The minimum absolute atomic E-state index is 0.00738. The van der Waals surface area contributed by atoms with Crippen LogP contribution in [0.5, 0.6) is 0 Å². The molecule has 0 fully saturated rings. The quantitative estimate of drug-likeness (QED) is 0.509. The predicted molar refractivity (Wildman–Crippen MR) is 135 cm³/mol. The molecule has 3 aromatic rings. The van der Waals surface area contributed by atoms with Crippen molar-refractivity contribution in [2.75, 3.05) is 44.0 Å². The number of hydrogen-bond donors (Lipinski definition) is 2. The van der Waals surface area contributed by atoms with E-state index in [-0.39, 0.29) is 25.0 Å². The molecule has 0 spiro atoms. The Labute approximate surface area is 199 Å². The molecule has 34 heavy (non-hydrogen) atoms. The number of rotatable bonds is 8. The van der Waals surface area contributed by atoms with Crippen molar-refractivity contribution in [1.82, 2.24) is 4.90 Å². The van der Waals surface area contributed by atoms with Gasteiger partial charge in [-0.05, 0) is 48.5 Å². The van der Waals surface area contributed by atoms with E-state index in [2.05, 4.69) is 5.32 Å². The molecule has 1 atom stereocenters. The SMILES string of the molecule is CN(CCO)CC(=O)N(C)c1ccc(N=C(c2ccccc2)C2C(=O)Nc3ccccc32)cc1. The third-order valence-electron chi connectivity index (χ3n) is 5.88. The molecule has 7 heteroatoms. The molecule has 0 saturated heterocycles. The van der Waals surface area contributed by atoms with Crippen LogP contribution in [-0.2, 0) is 9.59 Å². The highest BCUT2D eigenvalue weighted by molar-refractivity contribution is 6.24. The highest BCUT2D eigenvalue weighted by Gasteiger charge is 2.35. The molecule has 4 rings (SSSR count). The van der Waals surface area contributed by atoms with Crippen molar-refractivity contribution in [1.29, 1.82) is 0 Å². The van der Waals surface area contributed by atoms with Crippen LogP contribution in [0.3, 0.4) is 0 Å². The third kappa shape index (κ3) is 5.06. The Kier molecular flexibility index (Phi) is 7.15. The Morgan fingerprint density at radius 1 is 0.971 bits per heavy atom. The average Bonchev–Trinajstić information content (AvgIpc) is 3.18. The zero-order chi connectivity index (χ0) is 24.1. The average molecular weight is 457 g/mol. The number of nitrogens with zero attached hydrogens (tertiary/aromatic N) is 3. The van der Waals surface area contributed by atoms with Crippen molar-refractivity contribution in [3.8, 4) is 0 Å². The minimum atomic E-state index is -0.510. The van der Waals surface area contributed by atoms with E-state index >= 15 is 0 Å². The molecule has 1 heterocycles. The van der Waals surface area contributed by atoms with Crippen molar-refractivity contribution in [2.24, 2.45) is 4.99 Å². The molecule has 0 saturated carbocycles. The fourth-order valence-electron chi connectivity index (χ4n) is 4.01. The number of amides is 2. The van der Waals surface area contributed by atoms with E-state index in [9.17, 15) is 9.59 Å². The lowest BCUT2D eigenvalue weighted by Crippen LogP contribution is -2.37. The van der Waals surface area contributed by atoms with Gasteiger partial charge in [0.25, 0.3) is 0 Å². The van der Waals surface area contributed by atoms with E-state index in [1.807, 2.05) is 78.9 Å². The number of aliphatic imine (C=N–C) groups is 1. The summed E-state index contributed by atoms with van der Waals surface area (Å²) < 4.78 is 0. The van der Waals surface area contributed by atoms with Gasteiger partial charge in [-0.15, -0.1) is 0 Å². The van der Waals surface area contributed by atoms with Gasteiger partial charge in [0.05, 0.1) is 24.6 Å². The second-order valence-electron chi connectivity index (χ2n) is 8.30. The summed E-state index contributed by atoms with van der Waals surface area (Å²) in [6.45, 7) is 0.659. The summed E-state index contributed by atoms with van der Waals surface area (Å²) in [5.74, 6) is -0.682. The number of nitrogens with one attached hydrogen (secondary N) is 1. The zero-order valence-corrected chi connectivity index (χ0v) is 19.3. The first-order valence-electron chi connectivity index (χ1n) is 11.2. The molecular weight excluding hydrogens is 428 g/mol. The molecule has 174 valence electrons. The van der Waals surface area contributed by atoms with Crippen LogP contribution >= 0.6 is 0 Å². The number of aliphatic hydroxyl groups is 1. The first-order chi connectivity index (χ1) is 16.5. The second-order valence-corrected chi connectivity index (χ2v) is 8.30. The Bertz CT molecular complexity index is 1190. The van der Waals surface area contributed by atoms with Gasteiger partial charge in [-0.25, -0.2) is 0 Å². The number of hydrogen-bond acceptors (Lipinski definition) is 5. The van der Waals surface area contributed by atoms with Gasteiger partial charge in [0.15, 0.2) is 0 Å². The summed E-state index contributed by atoms with van der Waals surface area (Å²) in [4.78, 5) is 33.7. The zero-order valence-electron chi connectivity index (χ0n) is 19.3. The van der Waals surface area contributed by atoms with Crippen molar-refractivity contribution < 1.29 is 14.7 Å². The normalized spacial score (nSPS) is 15.2. The highest BCUT2D eigenvalue weighted by atomic mass is 16.3. The number of fused-ring (bicyclic) bond motifs is 1. The molecule has 2 amide bonds. The Morgan fingerprint density at radius 3 is 2.35 bits per heavy atom. The fraction of sp³-hybridized carbons (Fsp3) is 0.222. The van der Waals surface area contributed by atoms with Crippen LogP contribution in [0.4, 0.5) is 17.1 Å². The largest absolute Gasteiger partial charge is 0.395 e.